The molecule has 1 fully saturated rings. The Labute approximate surface area is 196 Å². The van der Waals surface area contributed by atoms with Crippen LogP contribution < -0.4 is 21.5 Å². The van der Waals surface area contributed by atoms with E-state index in [9.17, 15) is 9.59 Å². The highest BCUT2D eigenvalue weighted by atomic mass is 16.1. The highest BCUT2D eigenvalue weighted by Crippen LogP contribution is 2.32. The van der Waals surface area contributed by atoms with Gasteiger partial charge in [-0.2, -0.15) is 0 Å². The molecule has 0 radical (unpaired) electrons. The summed E-state index contributed by atoms with van der Waals surface area (Å²) in [5, 5.41) is 3.02. The first-order chi connectivity index (χ1) is 16.0. The third-order valence-corrected chi connectivity index (χ3v) is 7.09. The molecule has 2 aliphatic rings. The molecule has 1 aliphatic carbocycles. The number of aromatic amines is 1. The van der Waals surface area contributed by atoms with Gasteiger partial charge in [-0.1, -0.05) is 18.2 Å². The Bertz CT molecular complexity index is 1080. The summed E-state index contributed by atoms with van der Waals surface area (Å²) in [4.78, 5) is 31.2. The monoisotopic (exact) mass is 448 g/mol. The van der Waals surface area contributed by atoms with Crippen LogP contribution in [0.25, 0.3) is 0 Å². The van der Waals surface area contributed by atoms with Gasteiger partial charge in [0.1, 0.15) is 0 Å². The van der Waals surface area contributed by atoms with Crippen molar-refractivity contribution in [1.82, 2.24) is 10.3 Å². The van der Waals surface area contributed by atoms with Gasteiger partial charge in [0.25, 0.3) is 11.5 Å². The summed E-state index contributed by atoms with van der Waals surface area (Å²) in [7, 11) is 0. The van der Waals surface area contributed by atoms with E-state index < -0.39 is 0 Å². The molecule has 1 aromatic carbocycles. The smallest absolute Gasteiger partial charge is 0.253 e. The number of hydrogen-bond donors (Lipinski definition) is 3. The van der Waals surface area contributed by atoms with E-state index in [-0.39, 0.29) is 18.0 Å². The fourth-order valence-electron chi connectivity index (χ4n) is 5.33. The predicted molar refractivity (Wildman–Crippen MR) is 134 cm³/mol. The van der Waals surface area contributed by atoms with Crippen LogP contribution in [0.15, 0.2) is 41.2 Å². The number of H-pyrrole nitrogens is 1. The lowest BCUT2D eigenvalue weighted by molar-refractivity contribution is 0.0950. The number of allylic oxidation sites excluding steroid dienone is 2. The molecule has 2 heterocycles. The molecular weight excluding hydrogens is 412 g/mol. The number of benzene rings is 1. The van der Waals surface area contributed by atoms with E-state index in [1.54, 1.807) is 0 Å². The first-order valence-corrected chi connectivity index (χ1v) is 12.3. The number of carbonyl (C=O) groups excluding carboxylic acids is 1. The van der Waals surface area contributed by atoms with Crippen LogP contribution in [0.5, 0.6) is 0 Å². The lowest BCUT2D eigenvalue weighted by Crippen LogP contribution is -2.41. The Morgan fingerprint density at radius 2 is 1.88 bits per heavy atom. The molecule has 0 atom stereocenters. The molecule has 1 aromatic heterocycles. The Kier molecular flexibility index (Phi) is 7.33. The van der Waals surface area contributed by atoms with Crippen molar-refractivity contribution in [2.45, 2.75) is 77.4 Å². The van der Waals surface area contributed by atoms with Crippen LogP contribution in [0.3, 0.4) is 0 Å². The van der Waals surface area contributed by atoms with Crippen LogP contribution in [0.4, 0.5) is 5.69 Å². The standard InChI is InChI=1S/C27H36N4O2/c1-3-31(21-14-12-20(28)13-15-21)25-11-7-10-23-22(25)9-6-4-5-8-19-16-18(2)30-27(33)24(19)17-29-26(23)32/h4,6-7,10-11,16,20-21H,3,5,8-9,12-15,17,28H2,1-2H3,(H,29,32)(H,30,33)/b6-4+/t20-,21+. The van der Waals surface area contributed by atoms with Crippen molar-refractivity contribution in [1.29, 1.82) is 0 Å². The van der Waals surface area contributed by atoms with E-state index in [4.69, 9.17) is 5.73 Å². The van der Waals surface area contributed by atoms with Crippen molar-refractivity contribution in [3.05, 3.63) is 74.7 Å². The minimum absolute atomic E-state index is 0.118. The zero-order valence-corrected chi connectivity index (χ0v) is 19.8. The molecule has 4 N–H and O–H groups in total. The highest BCUT2D eigenvalue weighted by Gasteiger charge is 2.26. The van der Waals surface area contributed by atoms with E-state index >= 15 is 0 Å². The summed E-state index contributed by atoms with van der Waals surface area (Å²) in [6.07, 6.45) is 11.0. The largest absolute Gasteiger partial charge is 0.369 e. The second kappa shape index (κ2) is 10.4. The zero-order chi connectivity index (χ0) is 23.4. The Morgan fingerprint density at radius 1 is 1.09 bits per heavy atom. The van der Waals surface area contributed by atoms with Crippen LogP contribution in [-0.2, 0) is 19.4 Å². The third-order valence-electron chi connectivity index (χ3n) is 7.09. The number of fused-ring (bicyclic) bond motifs is 2. The first-order valence-electron chi connectivity index (χ1n) is 12.3. The summed E-state index contributed by atoms with van der Waals surface area (Å²) in [6.45, 7) is 5.20. The maximum Gasteiger partial charge on any atom is 0.253 e. The summed E-state index contributed by atoms with van der Waals surface area (Å²) in [5.74, 6) is -0.131. The summed E-state index contributed by atoms with van der Waals surface area (Å²) >= 11 is 0. The van der Waals surface area contributed by atoms with E-state index in [1.165, 1.54) is 0 Å². The molecular formula is C27H36N4O2. The highest BCUT2D eigenvalue weighted by molar-refractivity contribution is 5.97. The van der Waals surface area contributed by atoms with Gasteiger partial charge in [-0.25, -0.2) is 0 Å². The second-order valence-corrected chi connectivity index (χ2v) is 9.34. The SMILES string of the molecule is CCN(c1cccc2c1C/C=C/CCc1cc(C)[nH]c(=O)c1CNC2=O)[C@H]1CC[C@@H](N)CC1. The number of nitrogens with one attached hydrogen (secondary N) is 2. The van der Waals surface area contributed by atoms with Gasteiger partial charge in [-0.15, -0.1) is 0 Å². The van der Waals surface area contributed by atoms with Crippen LogP contribution >= 0.6 is 0 Å². The lowest BCUT2D eigenvalue weighted by Gasteiger charge is -2.38. The third kappa shape index (κ3) is 5.22. The summed E-state index contributed by atoms with van der Waals surface area (Å²) < 4.78 is 0. The molecule has 1 amide bonds. The average molecular weight is 449 g/mol. The maximum atomic E-state index is 13.3. The minimum atomic E-state index is -0.131. The molecule has 1 saturated carbocycles. The lowest BCUT2D eigenvalue weighted by atomic mass is 9.89. The van der Waals surface area contributed by atoms with E-state index in [1.807, 2.05) is 25.1 Å². The van der Waals surface area contributed by atoms with Gasteiger partial charge in [0.2, 0.25) is 0 Å². The van der Waals surface area contributed by atoms with Crippen LogP contribution in [0.2, 0.25) is 0 Å². The van der Waals surface area contributed by atoms with Crippen molar-refractivity contribution in [3.63, 3.8) is 0 Å². The molecule has 4 rings (SSSR count). The molecule has 2 aromatic rings. The van der Waals surface area contributed by atoms with Crippen molar-refractivity contribution < 1.29 is 4.79 Å². The number of amides is 1. The normalized spacial score (nSPS) is 22.2. The van der Waals surface area contributed by atoms with Gasteiger partial charge in [0, 0.05) is 47.7 Å². The Hall–Kier alpha value is -2.86. The number of aryl methyl sites for hydroxylation is 2. The van der Waals surface area contributed by atoms with Crippen LogP contribution in [-0.4, -0.2) is 29.5 Å². The number of anilines is 1. The number of aromatic nitrogens is 1. The Morgan fingerprint density at radius 3 is 2.64 bits per heavy atom. The van der Waals surface area contributed by atoms with Gasteiger partial charge in [-0.05, 0) is 88.1 Å². The molecule has 0 saturated heterocycles. The topological polar surface area (TPSA) is 91.2 Å². The predicted octanol–water partition coefficient (Wildman–Crippen LogP) is 3.75. The quantitative estimate of drug-likeness (QED) is 0.624. The maximum absolute atomic E-state index is 13.3. The van der Waals surface area contributed by atoms with Crippen molar-refractivity contribution in [2.75, 3.05) is 11.4 Å². The average Bonchev–Trinajstić information content (AvgIpc) is 2.79. The summed E-state index contributed by atoms with van der Waals surface area (Å²) in [5.41, 5.74) is 11.4. The number of nitrogens with zero attached hydrogens (tertiary/aromatic N) is 1. The van der Waals surface area contributed by atoms with Crippen LogP contribution in [0.1, 0.15) is 71.8 Å². The van der Waals surface area contributed by atoms with Crippen molar-refractivity contribution in [3.8, 4) is 0 Å². The fraction of sp³-hybridized carbons (Fsp3) is 0.481. The molecule has 6 nitrogen and oxygen atoms in total. The van der Waals surface area contributed by atoms with E-state index in [0.29, 0.717) is 29.6 Å². The van der Waals surface area contributed by atoms with Crippen molar-refractivity contribution in [2.24, 2.45) is 5.73 Å². The second-order valence-electron chi connectivity index (χ2n) is 9.34. The van der Waals surface area contributed by atoms with E-state index in [0.717, 1.165) is 67.6 Å². The summed E-state index contributed by atoms with van der Waals surface area (Å²) in [6, 6.07) is 8.79. The molecule has 33 heavy (non-hydrogen) atoms. The zero-order valence-electron chi connectivity index (χ0n) is 19.8. The number of pyridine rings is 1. The molecule has 6 heteroatoms. The number of hydrogen-bond acceptors (Lipinski definition) is 4. The first kappa shape index (κ1) is 23.3. The fourth-order valence-corrected chi connectivity index (χ4v) is 5.33. The molecule has 0 spiro atoms. The molecule has 176 valence electrons. The Balaban J connectivity index is 1.68. The number of rotatable bonds is 3. The van der Waals surface area contributed by atoms with E-state index in [2.05, 4.69) is 40.3 Å². The van der Waals surface area contributed by atoms with Gasteiger partial charge in [0.05, 0.1) is 0 Å². The van der Waals surface area contributed by atoms with Crippen molar-refractivity contribution >= 4 is 11.6 Å². The molecule has 0 unspecified atom stereocenters. The number of carbonyl (C=O) groups is 1. The van der Waals surface area contributed by atoms with Gasteiger partial charge in [-0.3, -0.25) is 9.59 Å². The molecule has 0 bridgehead atoms. The number of nitrogens with two attached hydrogens (primary N) is 1. The minimum Gasteiger partial charge on any atom is -0.369 e. The molecule has 1 aliphatic heterocycles. The van der Waals surface area contributed by atoms with Gasteiger partial charge >= 0.3 is 0 Å². The van der Waals surface area contributed by atoms with Gasteiger partial charge < -0.3 is 20.9 Å². The van der Waals surface area contributed by atoms with Crippen LogP contribution in [0, 0.1) is 6.92 Å². The van der Waals surface area contributed by atoms with Gasteiger partial charge in [0.15, 0.2) is 0 Å².